The van der Waals surface area contributed by atoms with Gasteiger partial charge in [0, 0.05) is 43.5 Å². The van der Waals surface area contributed by atoms with E-state index >= 15 is 0 Å². The highest BCUT2D eigenvalue weighted by Crippen LogP contribution is 2.24. The summed E-state index contributed by atoms with van der Waals surface area (Å²) in [5, 5.41) is 3.26. The van der Waals surface area contributed by atoms with Gasteiger partial charge in [0.05, 0.1) is 0 Å². The van der Waals surface area contributed by atoms with Crippen LogP contribution < -0.4 is 5.32 Å². The Morgan fingerprint density at radius 1 is 1.19 bits per heavy atom. The van der Waals surface area contributed by atoms with E-state index in [1.807, 2.05) is 18.3 Å². The molecule has 1 aromatic carbocycles. The highest BCUT2D eigenvalue weighted by atomic mass is 19.1. The van der Waals surface area contributed by atoms with Gasteiger partial charge in [-0.2, -0.15) is 0 Å². The standard InChI is InChI=1S/C21H25FN4O/c22-18-4-1-15(2-5-18)13-26-9-7-19(8-10-26)25-21(27)16-3-6-20-17(11-16)12-23-14-24-20/h1-2,4-5,12,14,16,19H,3,6-11,13H2,(H,25,27). The van der Waals surface area contributed by atoms with Gasteiger partial charge in [0.1, 0.15) is 12.1 Å². The van der Waals surface area contributed by atoms with Crippen molar-refractivity contribution in [2.75, 3.05) is 13.1 Å². The number of nitrogens with one attached hydrogen (secondary N) is 1. The second-order valence-corrected chi connectivity index (χ2v) is 7.62. The van der Waals surface area contributed by atoms with Crippen molar-refractivity contribution in [2.45, 2.75) is 44.7 Å². The fourth-order valence-corrected chi connectivity index (χ4v) is 4.08. The second kappa shape index (κ2) is 8.13. The fourth-order valence-electron chi connectivity index (χ4n) is 4.08. The lowest BCUT2D eigenvalue weighted by molar-refractivity contribution is -0.126. The fraction of sp³-hybridized carbons (Fsp3) is 0.476. The number of aromatic nitrogens is 2. The zero-order valence-corrected chi connectivity index (χ0v) is 15.4. The average molecular weight is 368 g/mol. The zero-order chi connectivity index (χ0) is 18.6. The first kappa shape index (κ1) is 18.0. The number of piperidine rings is 1. The molecule has 4 rings (SSSR count). The van der Waals surface area contributed by atoms with Gasteiger partial charge in [0.2, 0.25) is 5.91 Å². The number of aryl methyl sites for hydroxylation is 1. The molecule has 1 atom stereocenters. The molecular weight excluding hydrogens is 343 g/mol. The maximum atomic E-state index is 13.0. The summed E-state index contributed by atoms with van der Waals surface area (Å²) >= 11 is 0. The maximum absolute atomic E-state index is 13.0. The van der Waals surface area contributed by atoms with E-state index in [9.17, 15) is 9.18 Å². The van der Waals surface area contributed by atoms with Crippen molar-refractivity contribution < 1.29 is 9.18 Å². The quantitative estimate of drug-likeness (QED) is 0.901. The molecule has 6 heteroatoms. The van der Waals surface area contributed by atoms with Crippen LogP contribution in [0.15, 0.2) is 36.8 Å². The third-order valence-corrected chi connectivity index (χ3v) is 5.70. The van der Waals surface area contributed by atoms with Gasteiger partial charge in [-0.15, -0.1) is 0 Å². The smallest absolute Gasteiger partial charge is 0.223 e. The van der Waals surface area contributed by atoms with Gasteiger partial charge in [-0.05, 0) is 55.4 Å². The number of hydrogen-bond donors (Lipinski definition) is 1. The monoisotopic (exact) mass is 368 g/mol. The largest absolute Gasteiger partial charge is 0.353 e. The number of nitrogens with zero attached hydrogens (tertiary/aromatic N) is 3. The Labute approximate surface area is 159 Å². The van der Waals surface area contributed by atoms with E-state index in [1.54, 1.807) is 6.33 Å². The third-order valence-electron chi connectivity index (χ3n) is 5.70. The van der Waals surface area contributed by atoms with Crippen molar-refractivity contribution in [1.29, 1.82) is 0 Å². The Bertz CT molecular complexity index is 787. The van der Waals surface area contributed by atoms with Crippen molar-refractivity contribution in [1.82, 2.24) is 20.2 Å². The first-order valence-electron chi connectivity index (χ1n) is 9.72. The molecule has 1 fully saturated rings. The van der Waals surface area contributed by atoms with Gasteiger partial charge >= 0.3 is 0 Å². The van der Waals surface area contributed by atoms with E-state index in [0.717, 1.165) is 68.6 Å². The molecule has 1 N–H and O–H groups in total. The molecule has 0 saturated carbocycles. The van der Waals surface area contributed by atoms with E-state index in [0.29, 0.717) is 0 Å². The predicted octanol–water partition coefficient (Wildman–Crippen LogP) is 2.50. The van der Waals surface area contributed by atoms with Crippen LogP contribution in [0.4, 0.5) is 4.39 Å². The SMILES string of the molecule is O=C(NC1CCN(Cc2ccc(F)cc2)CC1)C1CCc2ncncc2C1. The summed E-state index contributed by atoms with van der Waals surface area (Å²) in [6.45, 7) is 2.73. The van der Waals surface area contributed by atoms with Crippen LogP contribution in [0.2, 0.25) is 0 Å². The van der Waals surface area contributed by atoms with Crippen LogP contribution in [0.5, 0.6) is 0 Å². The summed E-state index contributed by atoms with van der Waals surface area (Å²) < 4.78 is 13.0. The van der Waals surface area contributed by atoms with E-state index in [4.69, 9.17) is 0 Å². The molecule has 27 heavy (non-hydrogen) atoms. The summed E-state index contributed by atoms with van der Waals surface area (Å²) in [4.78, 5) is 23.4. The molecule has 2 heterocycles. The van der Waals surface area contributed by atoms with E-state index in [1.165, 1.54) is 12.1 Å². The van der Waals surface area contributed by atoms with Gasteiger partial charge in [-0.1, -0.05) is 12.1 Å². The van der Waals surface area contributed by atoms with E-state index in [2.05, 4.69) is 20.2 Å². The number of fused-ring (bicyclic) bond motifs is 1. The second-order valence-electron chi connectivity index (χ2n) is 7.62. The molecule has 1 amide bonds. The summed E-state index contributed by atoms with van der Waals surface area (Å²) in [5.74, 6) is -0.000647. The highest BCUT2D eigenvalue weighted by molar-refractivity contribution is 5.79. The lowest BCUT2D eigenvalue weighted by atomic mass is 9.86. The molecule has 1 aliphatic heterocycles. The molecule has 1 aromatic heterocycles. The molecule has 1 unspecified atom stereocenters. The van der Waals surface area contributed by atoms with Crippen LogP contribution in [0, 0.1) is 11.7 Å². The Balaban J connectivity index is 1.24. The van der Waals surface area contributed by atoms with Gasteiger partial charge < -0.3 is 5.32 Å². The van der Waals surface area contributed by atoms with Crippen LogP contribution in [0.25, 0.3) is 0 Å². The summed E-state index contributed by atoms with van der Waals surface area (Å²) in [7, 11) is 0. The van der Waals surface area contributed by atoms with Crippen molar-refractivity contribution in [3.8, 4) is 0 Å². The van der Waals surface area contributed by atoms with Crippen LogP contribution in [0.3, 0.4) is 0 Å². The number of rotatable bonds is 4. The Morgan fingerprint density at radius 2 is 1.96 bits per heavy atom. The van der Waals surface area contributed by atoms with Crippen molar-refractivity contribution in [3.05, 3.63) is 59.4 Å². The van der Waals surface area contributed by atoms with Gasteiger partial charge in [0.15, 0.2) is 0 Å². The minimum Gasteiger partial charge on any atom is -0.353 e. The molecule has 0 spiro atoms. The lowest BCUT2D eigenvalue weighted by Crippen LogP contribution is -2.46. The number of benzene rings is 1. The normalized spacial score (nSPS) is 20.9. The molecule has 2 aliphatic rings. The Morgan fingerprint density at radius 3 is 2.74 bits per heavy atom. The van der Waals surface area contributed by atoms with Gasteiger partial charge in [0.25, 0.3) is 0 Å². The molecule has 1 saturated heterocycles. The van der Waals surface area contributed by atoms with E-state index in [-0.39, 0.29) is 23.7 Å². The molecule has 1 aliphatic carbocycles. The van der Waals surface area contributed by atoms with Crippen molar-refractivity contribution in [3.63, 3.8) is 0 Å². The lowest BCUT2D eigenvalue weighted by Gasteiger charge is -2.33. The first-order chi connectivity index (χ1) is 13.2. The van der Waals surface area contributed by atoms with Gasteiger partial charge in [-0.3, -0.25) is 9.69 Å². The highest BCUT2D eigenvalue weighted by Gasteiger charge is 2.28. The minimum absolute atomic E-state index is 0.0285. The molecular formula is C21H25FN4O. The molecule has 0 radical (unpaired) electrons. The number of carbonyl (C=O) groups is 1. The summed E-state index contributed by atoms with van der Waals surface area (Å²) in [5.41, 5.74) is 3.32. The number of carbonyl (C=O) groups excluding carboxylic acids is 1. The number of amides is 1. The summed E-state index contributed by atoms with van der Waals surface area (Å²) in [6.07, 6.45) is 7.80. The predicted molar refractivity (Wildman–Crippen MR) is 100 cm³/mol. The molecule has 2 aromatic rings. The maximum Gasteiger partial charge on any atom is 0.223 e. The molecule has 5 nitrogen and oxygen atoms in total. The zero-order valence-electron chi connectivity index (χ0n) is 15.4. The van der Waals surface area contributed by atoms with Crippen molar-refractivity contribution >= 4 is 5.91 Å². The number of halogens is 1. The Kier molecular flexibility index (Phi) is 5.43. The molecule has 0 bridgehead atoms. The first-order valence-corrected chi connectivity index (χ1v) is 9.72. The van der Waals surface area contributed by atoms with Crippen LogP contribution in [-0.4, -0.2) is 39.9 Å². The third kappa shape index (κ3) is 4.50. The molecule has 142 valence electrons. The number of likely N-dealkylation sites (tertiary alicyclic amines) is 1. The van der Waals surface area contributed by atoms with Crippen LogP contribution in [-0.2, 0) is 24.2 Å². The topological polar surface area (TPSA) is 58.1 Å². The number of hydrogen-bond acceptors (Lipinski definition) is 4. The summed E-state index contributed by atoms with van der Waals surface area (Å²) in [6, 6.07) is 6.95. The minimum atomic E-state index is -0.197. The van der Waals surface area contributed by atoms with Crippen molar-refractivity contribution in [2.24, 2.45) is 5.92 Å². The van der Waals surface area contributed by atoms with E-state index < -0.39 is 0 Å². The average Bonchev–Trinajstić information content (AvgIpc) is 2.71. The Hall–Kier alpha value is -2.34. The van der Waals surface area contributed by atoms with Gasteiger partial charge in [-0.25, -0.2) is 14.4 Å². The van der Waals surface area contributed by atoms with Crippen LogP contribution >= 0.6 is 0 Å². The van der Waals surface area contributed by atoms with Crippen LogP contribution in [0.1, 0.15) is 36.1 Å².